The highest BCUT2D eigenvalue weighted by atomic mass is 19.1. The Bertz CT molecular complexity index is 840. The molecule has 148 valence electrons. The predicted molar refractivity (Wildman–Crippen MR) is 98.3 cm³/mol. The molecule has 1 fully saturated rings. The number of pyridine rings is 1. The van der Waals surface area contributed by atoms with Crippen LogP contribution >= 0.6 is 0 Å². The molecule has 0 aliphatic carbocycles. The molecular weight excluding hydrogens is 365 g/mol. The van der Waals surface area contributed by atoms with Crippen molar-refractivity contribution in [3.05, 3.63) is 42.2 Å². The smallest absolute Gasteiger partial charge is 0.255 e. The summed E-state index contributed by atoms with van der Waals surface area (Å²) in [5, 5.41) is 0. The Kier molecular flexibility index (Phi) is 5.08. The first-order chi connectivity index (χ1) is 13.6. The monoisotopic (exact) mass is 387 g/mol. The second-order valence-electron chi connectivity index (χ2n) is 6.95. The van der Waals surface area contributed by atoms with E-state index in [1.165, 1.54) is 0 Å². The molecule has 0 N–H and O–H groups in total. The fourth-order valence-electron chi connectivity index (χ4n) is 3.73. The van der Waals surface area contributed by atoms with Gasteiger partial charge in [0.25, 0.3) is 5.91 Å². The van der Waals surface area contributed by atoms with Crippen molar-refractivity contribution in [2.75, 3.05) is 38.3 Å². The molecule has 0 spiro atoms. The Balaban J connectivity index is 1.48. The van der Waals surface area contributed by atoms with Crippen LogP contribution in [0.4, 0.5) is 10.3 Å². The van der Waals surface area contributed by atoms with E-state index in [0.717, 1.165) is 23.7 Å². The molecule has 4 rings (SSSR count). The first-order valence-corrected chi connectivity index (χ1v) is 9.24. The molecule has 0 bridgehead atoms. The van der Waals surface area contributed by atoms with Gasteiger partial charge in [0.2, 0.25) is 5.95 Å². The summed E-state index contributed by atoms with van der Waals surface area (Å²) in [6, 6.07) is 1.82. The highest BCUT2D eigenvalue weighted by Crippen LogP contribution is 2.31. The molecule has 4 heterocycles. The molecule has 28 heavy (non-hydrogen) atoms. The zero-order valence-corrected chi connectivity index (χ0v) is 15.7. The lowest BCUT2D eigenvalue weighted by Crippen LogP contribution is -2.56. The van der Waals surface area contributed by atoms with E-state index in [4.69, 9.17) is 9.47 Å². The summed E-state index contributed by atoms with van der Waals surface area (Å²) < 4.78 is 24.5. The number of rotatable bonds is 3. The number of carbonyl (C=O) groups excluding carboxylic acids is 1. The summed E-state index contributed by atoms with van der Waals surface area (Å²) in [6.07, 6.45) is 6.71. The van der Waals surface area contributed by atoms with Crippen molar-refractivity contribution in [3.8, 4) is 5.75 Å². The average Bonchev–Trinajstić information content (AvgIpc) is 2.96. The van der Waals surface area contributed by atoms with E-state index in [9.17, 15) is 9.18 Å². The number of hydrogen-bond donors (Lipinski definition) is 0. The van der Waals surface area contributed by atoms with Crippen molar-refractivity contribution in [2.24, 2.45) is 0 Å². The Morgan fingerprint density at radius 3 is 2.68 bits per heavy atom. The molecule has 0 aromatic carbocycles. The molecule has 0 saturated carbocycles. The number of methoxy groups -OCH3 is 1. The number of aromatic nitrogens is 3. The van der Waals surface area contributed by atoms with Gasteiger partial charge in [-0.1, -0.05) is 0 Å². The lowest BCUT2D eigenvalue weighted by atomic mass is 9.89. The van der Waals surface area contributed by atoms with E-state index in [-0.39, 0.29) is 5.91 Å². The second-order valence-corrected chi connectivity index (χ2v) is 6.95. The van der Waals surface area contributed by atoms with E-state index in [2.05, 4.69) is 15.0 Å². The molecular formula is C19H22FN5O3. The van der Waals surface area contributed by atoms with E-state index in [0.29, 0.717) is 51.6 Å². The number of amides is 1. The number of carbonyl (C=O) groups is 1. The standard InChI is InChI=1S/C19H22FN5O3/c1-27-19(3-6-24(7-4-19)18-22-11-15(20)12-23-18)17(26)25-8-9-28-16-2-5-21-10-14(16)13-25/h2,5,10-12H,3-4,6-9,13H2,1H3. The van der Waals surface area contributed by atoms with Crippen LogP contribution in [0.15, 0.2) is 30.9 Å². The van der Waals surface area contributed by atoms with E-state index in [1.54, 1.807) is 24.4 Å². The number of piperidine rings is 1. The molecule has 0 unspecified atom stereocenters. The minimum Gasteiger partial charge on any atom is -0.491 e. The number of ether oxygens (including phenoxy) is 2. The first kappa shape index (κ1) is 18.5. The molecule has 1 amide bonds. The normalized spacial score (nSPS) is 18.8. The number of halogens is 1. The van der Waals surface area contributed by atoms with Gasteiger partial charge in [0, 0.05) is 51.0 Å². The van der Waals surface area contributed by atoms with Gasteiger partial charge in [0.15, 0.2) is 5.82 Å². The van der Waals surface area contributed by atoms with Gasteiger partial charge in [-0.2, -0.15) is 0 Å². The summed E-state index contributed by atoms with van der Waals surface area (Å²) >= 11 is 0. The van der Waals surface area contributed by atoms with E-state index >= 15 is 0 Å². The van der Waals surface area contributed by atoms with Gasteiger partial charge in [0.05, 0.1) is 25.5 Å². The molecule has 2 aromatic rings. The van der Waals surface area contributed by atoms with Crippen LogP contribution in [-0.4, -0.2) is 64.7 Å². The highest BCUT2D eigenvalue weighted by Gasteiger charge is 2.44. The highest BCUT2D eigenvalue weighted by molar-refractivity contribution is 5.86. The summed E-state index contributed by atoms with van der Waals surface area (Å²) in [4.78, 5) is 29.3. The summed E-state index contributed by atoms with van der Waals surface area (Å²) in [6.45, 7) is 2.46. The fourth-order valence-corrected chi connectivity index (χ4v) is 3.73. The molecule has 2 aliphatic rings. The second kappa shape index (κ2) is 7.67. The minimum absolute atomic E-state index is 0.0463. The maximum absolute atomic E-state index is 13.4. The molecule has 0 radical (unpaired) electrons. The quantitative estimate of drug-likeness (QED) is 0.788. The lowest BCUT2D eigenvalue weighted by Gasteiger charge is -2.41. The minimum atomic E-state index is -0.900. The summed E-state index contributed by atoms with van der Waals surface area (Å²) in [5.41, 5.74) is -0.0137. The molecule has 1 saturated heterocycles. The Labute approximate surface area is 162 Å². The predicted octanol–water partition coefficient (Wildman–Crippen LogP) is 1.42. The van der Waals surface area contributed by atoms with Crippen LogP contribution in [0.2, 0.25) is 0 Å². The molecule has 0 atom stereocenters. The molecule has 9 heteroatoms. The van der Waals surface area contributed by atoms with Crippen LogP contribution in [0, 0.1) is 5.82 Å². The van der Waals surface area contributed by atoms with Crippen molar-refractivity contribution < 1.29 is 18.7 Å². The van der Waals surface area contributed by atoms with Crippen LogP contribution in [-0.2, 0) is 16.1 Å². The number of anilines is 1. The average molecular weight is 387 g/mol. The number of nitrogens with zero attached hydrogens (tertiary/aromatic N) is 5. The Hall–Kier alpha value is -2.81. The summed E-state index contributed by atoms with van der Waals surface area (Å²) in [7, 11) is 1.58. The SMILES string of the molecule is COC1(C(=O)N2CCOc3ccncc3C2)CCN(c2ncc(F)cn2)CC1. The van der Waals surface area contributed by atoms with Gasteiger partial charge >= 0.3 is 0 Å². The molecule has 8 nitrogen and oxygen atoms in total. The maximum atomic E-state index is 13.4. The lowest BCUT2D eigenvalue weighted by molar-refractivity contribution is -0.158. The van der Waals surface area contributed by atoms with Gasteiger partial charge < -0.3 is 19.3 Å². The van der Waals surface area contributed by atoms with Crippen LogP contribution in [0.5, 0.6) is 5.75 Å². The van der Waals surface area contributed by atoms with Crippen molar-refractivity contribution in [1.29, 1.82) is 0 Å². The van der Waals surface area contributed by atoms with Crippen LogP contribution in [0.3, 0.4) is 0 Å². The number of hydrogen-bond acceptors (Lipinski definition) is 7. The number of fused-ring (bicyclic) bond motifs is 1. The summed E-state index contributed by atoms with van der Waals surface area (Å²) in [5.74, 6) is 0.706. The molecule has 2 aliphatic heterocycles. The van der Waals surface area contributed by atoms with Crippen molar-refractivity contribution >= 4 is 11.9 Å². The Morgan fingerprint density at radius 1 is 1.21 bits per heavy atom. The third-order valence-electron chi connectivity index (χ3n) is 5.37. The van der Waals surface area contributed by atoms with Crippen molar-refractivity contribution in [2.45, 2.75) is 25.0 Å². The fraction of sp³-hybridized carbons (Fsp3) is 0.474. The van der Waals surface area contributed by atoms with Crippen LogP contribution in [0.1, 0.15) is 18.4 Å². The van der Waals surface area contributed by atoms with E-state index < -0.39 is 11.4 Å². The van der Waals surface area contributed by atoms with Gasteiger partial charge in [0.1, 0.15) is 18.0 Å². The largest absolute Gasteiger partial charge is 0.491 e. The van der Waals surface area contributed by atoms with Gasteiger partial charge in [-0.25, -0.2) is 14.4 Å². The zero-order chi connectivity index (χ0) is 19.6. The van der Waals surface area contributed by atoms with Crippen molar-refractivity contribution in [1.82, 2.24) is 19.9 Å². The van der Waals surface area contributed by atoms with Crippen LogP contribution < -0.4 is 9.64 Å². The van der Waals surface area contributed by atoms with E-state index in [1.807, 2.05) is 11.0 Å². The van der Waals surface area contributed by atoms with Gasteiger partial charge in [-0.15, -0.1) is 0 Å². The van der Waals surface area contributed by atoms with Crippen LogP contribution in [0.25, 0.3) is 0 Å². The van der Waals surface area contributed by atoms with Gasteiger partial charge in [-0.3, -0.25) is 9.78 Å². The topological polar surface area (TPSA) is 80.7 Å². The van der Waals surface area contributed by atoms with Crippen molar-refractivity contribution in [3.63, 3.8) is 0 Å². The zero-order valence-electron chi connectivity index (χ0n) is 15.7. The Morgan fingerprint density at radius 2 is 1.96 bits per heavy atom. The molecule has 2 aromatic heterocycles. The third-order valence-corrected chi connectivity index (χ3v) is 5.37. The third kappa shape index (κ3) is 3.49. The maximum Gasteiger partial charge on any atom is 0.255 e. The van der Waals surface area contributed by atoms with Gasteiger partial charge in [-0.05, 0) is 6.07 Å². The first-order valence-electron chi connectivity index (χ1n) is 9.24.